The van der Waals surface area contributed by atoms with E-state index in [1.54, 1.807) is 5.30 Å². The molecule has 9 rings (SSSR count). The van der Waals surface area contributed by atoms with Gasteiger partial charge in [0.1, 0.15) is 0 Å². The maximum atomic E-state index is 2.48. The standard InChI is InChI=1S/2C21H21P.C20H32NP.Fe/c2*1-4-10-19(11-5-1)16-22(17-20-12-6-2-7-13-20)18-21-14-8-3-9-15-21;1-21(2)17-13-15-20(16-14-17)22(18-9-5-3-6-10-18)19-11-7-4-8-12-19;/h2*1-15H,16-18H2;13-16,18-19H,3-12H2,1-2H3;/p+3. The molecular weight excluding hydrogens is 907 g/mol. The van der Waals surface area contributed by atoms with Crippen LogP contribution in [0.1, 0.15) is 97.6 Å². The van der Waals surface area contributed by atoms with Gasteiger partial charge in [-0.1, -0.05) is 195 Å². The first kappa shape index (κ1) is 52.5. The van der Waals surface area contributed by atoms with Crippen molar-refractivity contribution in [3.05, 3.63) is 240 Å². The molecule has 0 amide bonds. The van der Waals surface area contributed by atoms with Crippen molar-refractivity contribution in [2.75, 3.05) is 19.0 Å². The molecule has 2 saturated carbocycles. The van der Waals surface area contributed by atoms with Gasteiger partial charge < -0.3 is 4.90 Å². The summed E-state index contributed by atoms with van der Waals surface area (Å²) in [5.41, 5.74) is 12.3. The molecule has 0 aliphatic heterocycles. The van der Waals surface area contributed by atoms with Gasteiger partial charge in [0, 0.05) is 60.6 Å². The Morgan fingerprint density at radius 2 is 0.567 bits per heavy atom. The van der Waals surface area contributed by atoms with Crippen LogP contribution in [0, 0.1) is 0 Å². The molecule has 5 heteroatoms. The third-order valence-electron chi connectivity index (χ3n) is 13.6. The van der Waals surface area contributed by atoms with Crippen LogP contribution in [0.5, 0.6) is 0 Å². The van der Waals surface area contributed by atoms with Gasteiger partial charge in [-0.3, -0.25) is 0 Å². The van der Waals surface area contributed by atoms with Crippen molar-refractivity contribution in [2.45, 2.75) is 112 Å². The van der Waals surface area contributed by atoms with E-state index < -0.39 is 15.8 Å². The summed E-state index contributed by atoms with van der Waals surface area (Å²) >= 11 is 0. The topological polar surface area (TPSA) is 3.24 Å². The van der Waals surface area contributed by atoms with Crippen LogP contribution in [0.15, 0.2) is 206 Å². The van der Waals surface area contributed by atoms with Gasteiger partial charge in [-0.2, -0.15) is 0 Å². The molecule has 0 spiro atoms. The summed E-state index contributed by atoms with van der Waals surface area (Å²) in [5, 5.41) is 1.73. The third kappa shape index (κ3) is 18.5. The number of anilines is 1. The second-order valence-electron chi connectivity index (χ2n) is 19.0. The number of nitrogens with zero attached hydrogens (tertiary/aromatic N) is 1. The second-order valence-corrected chi connectivity index (χ2v) is 27.3. The summed E-state index contributed by atoms with van der Waals surface area (Å²) in [4.78, 5) is 2.22. The van der Waals surface area contributed by atoms with E-state index in [2.05, 4.69) is 225 Å². The Bertz CT molecular complexity index is 1960. The van der Waals surface area contributed by atoms with Crippen molar-refractivity contribution in [1.29, 1.82) is 0 Å². The molecule has 0 atom stereocenters. The van der Waals surface area contributed by atoms with Crippen molar-refractivity contribution < 1.29 is 17.1 Å². The Labute approximate surface area is 420 Å². The van der Waals surface area contributed by atoms with Gasteiger partial charge in [0.25, 0.3) is 0 Å². The zero-order chi connectivity index (χ0) is 45.4. The summed E-state index contributed by atoms with van der Waals surface area (Å²) < 4.78 is 0. The predicted octanol–water partition coefficient (Wildman–Crippen LogP) is 16.9. The van der Waals surface area contributed by atoms with E-state index in [0.29, 0.717) is 0 Å². The number of benzene rings is 7. The summed E-state index contributed by atoms with van der Waals surface area (Å²) in [6.07, 6.45) is 22.4. The van der Waals surface area contributed by atoms with E-state index in [1.165, 1.54) is 140 Å². The van der Waals surface area contributed by atoms with E-state index in [1.807, 2.05) is 0 Å². The maximum absolute atomic E-state index is 2.48. The molecule has 0 radical (unpaired) electrons. The van der Waals surface area contributed by atoms with Crippen molar-refractivity contribution in [2.24, 2.45) is 0 Å². The fourth-order valence-corrected chi connectivity index (χ4v) is 20.1. The molecule has 7 aromatic carbocycles. The molecule has 0 aromatic heterocycles. The second kappa shape index (κ2) is 29.9. The minimum absolute atomic E-state index is 0. The van der Waals surface area contributed by atoms with Crippen molar-refractivity contribution in [3.63, 3.8) is 0 Å². The zero-order valence-electron chi connectivity index (χ0n) is 40.4. The Morgan fingerprint density at radius 1 is 0.328 bits per heavy atom. The molecule has 2 aliphatic carbocycles. The summed E-state index contributed by atoms with van der Waals surface area (Å²) in [6, 6.07) is 75.3. The number of hydrogen-bond acceptors (Lipinski definition) is 1. The summed E-state index contributed by atoms with van der Waals surface area (Å²) in [5.74, 6) is 0. The quantitative estimate of drug-likeness (QED) is 0.0689. The van der Waals surface area contributed by atoms with Crippen LogP contribution in [0.2, 0.25) is 0 Å². The van der Waals surface area contributed by atoms with E-state index in [4.69, 9.17) is 0 Å². The Kier molecular flexibility index (Phi) is 23.4. The molecule has 7 aromatic rings. The van der Waals surface area contributed by atoms with Crippen LogP contribution in [0.25, 0.3) is 0 Å². The van der Waals surface area contributed by atoms with Crippen LogP contribution >= 0.6 is 23.8 Å². The fraction of sp³-hybridized carbons (Fsp3) is 0.323. The van der Waals surface area contributed by atoms with Crippen LogP contribution in [0.3, 0.4) is 0 Å². The first-order valence-electron chi connectivity index (χ1n) is 25.1. The number of hydrogen-bond donors (Lipinski definition) is 0. The number of rotatable bonds is 16. The van der Waals surface area contributed by atoms with E-state index in [9.17, 15) is 0 Å². The summed E-state index contributed by atoms with van der Waals surface area (Å²) in [7, 11) is 2.90. The third-order valence-corrected chi connectivity index (χ3v) is 23.0. The first-order chi connectivity index (χ1) is 32.6. The van der Waals surface area contributed by atoms with Gasteiger partial charge in [-0.25, -0.2) is 0 Å². The molecule has 2 aliphatic rings. The monoisotopic (exact) mass is 984 g/mol. The molecule has 1 nitrogen and oxygen atoms in total. The smallest absolute Gasteiger partial charge is 0.0922 e. The first-order valence-corrected chi connectivity index (χ1v) is 31.0. The normalized spacial score (nSPS) is 14.0. The molecule has 0 N–H and O–H groups in total. The molecule has 0 saturated heterocycles. The minimum Gasteiger partial charge on any atom is -0.378 e. The Balaban J connectivity index is 0.000000165. The average Bonchev–Trinajstić information content (AvgIpc) is 3.37. The summed E-state index contributed by atoms with van der Waals surface area (Å²) in [6.45, 7) is 0. The minimum atomic E-state index is -0.502. The van der Waals surface area contributed by atoms with Gasteiger partial charge in [0.2, 0.25) is 0 Å². The Hall–Kier alpha value is -3.85. The predicted molar refractivity (Wildman–Crippen MR) is 300 cm³/mol. The van der Waals surface area contributed by atoms with Crippen molar-refractivity contribution in [1.82, 2.24) is 0 Å². The van der Waals surface area contributed by atoms with E-state index in [-0.39, 0.29) is 25.0 Å². The van der Waals surface area contributed by atoms with E-state index >= 15 is 0 Å². The van der Waals surface area contributed by atoms with Gasteiger partial charge in [0.05, 0.1) is 53.6 Å². The van der Waals surface area contributed by atoms with Crippen LogP contribution in [-0.4, -0.2) is 25.4 Å². The van der Waals surface area contributed by atoms with Crippen LogP contribution in [0.4, 0.5) is 5.69 Å². The van der Waals surface area contributed by atoms with Crippen molar-refractivity contribution >= 4 is 34.8 Å². The average molecular weight is 985 g/mol. The van der Waals surface area contributed by atoms with E-state index in [0.717, 1.165) is 11.3 Å². The Morgan fingerprint density at radius 3 is 0.791 bits per heavy atom. The zero-order valence-corrected chi connectivity index (χ0v) is 44.5. The van der Waals surface area contributed by atoms with Gasteiger partial charge in [0.15, 0.2) is 0 Å². The van der Waals surface area contributed by atoms with Crippen LogP contribution < -0.4 is 10.2 Å². The molecule has 2 fully saturated rings. The molecular formula is C62H77FeNP3+3. The molecule has 67 heavy (non-hydrogen) atoms. The maximum Gasteiger partial charge on any atom is 0.0922 e. The van der Waals surface area contributed by atoms with Gasteiger partial charge in [-0.15, -0.1) is 0 Å². The molecule has 0 unspecified atom stereocenters. The molecule has 0 bridgehead atoms. The van der Waals surface area contributed by atoms with Gasteiger partial charge >= 0.3 is 0 Å². The van der Waals surface area contributed by atoms with Gasteiger partial charge in [-0.05, 0) is 109 Å². The van der Waals surface area contributed by atoms with Crippen molar-refractivity contribution in [3.8, 4) is 0 Å². The SMILES string of the molecule is CN(C)c1ccc([PH+](C2CCCCC2)C2CCCCC2)cc1.[Fe].c1ccc(C[PH+](Cc2ccccc2)Cc2ccccc2)cc1.c1ccc(C[PH+](Cc2ccccc2)Cc2ccccc2)cc1. The molecule has 0 heterocycles. The largest absolute Gasteiger partial charge is 0.378 e. The van der Waals surface area contributed by atoms with Crippen LogP contribution in [-0.2, 0) is 54.0 Å². The fourth-order valence-electron chi connectivity index (χ4n) is 10.3. The molecule has 350 valence electrons.